The Balaban J connectivity index is 1.89. The molecule has 1 aliphatic rings. The van der Waals surface area contributed by atoms with Gasteiger partial charge in [0, 0.05) is 46.9 Å². The molecule has 6 nitrogen and oxygen atoms in total. The van der Waals surface area contributed by atoms with Crippen molar-refractivity contribution in [2.45, 2.75) is 26.3 Å². The third-order valence-electron chi connectivity index (χ3n) is 3.79. The molecular weight excluding hydrogens is 256 g/mol. The van der Waals surface area contributed by atoms with E-state index >= 15 is 0 Å². The molecule has 1 aromatic rings. The first-order valence-corrected chi connectivity index (χ1v) is 6.97. The SMILES string of the molecule is CC(=O)N1CCC(Cn2cc(C(=O)N(C)C)cn2)CC1. The van der Waals surface area contributed by atoms with Gasteiger partial charge in [-0.25, -0.2) is 0 Å². The summed E-state index contributed by atoms with van der Waals surface area (Å²) in [5, 5.41) is 4.26. The summed E-state index contributed by atoms with van der Waals surface area (Å²) in [6.07, 6.45) is 5.42. The lowest BCUT2D eigenvalue weighted by atomic mass is 9.97. The van der Waals surface area contributed by atoms with Gasteiger partial charge in [-0.3, -0.25) is 14.3 Å². The van der Waals surface area contributed by atoms with Crippen LogP contribution in [0.25, 0.3) is 0 Å². The van der Waals surface area contributed by atoms with E-state index in [0.717, 1.165) is 32.5 Å². The van der Waals surface area contributed by atoms with Gasteiger partial charge in [0.1, 0.15) is 0 Å². The summed E-state index contributed by atoms with van der Waals surface area (Å²) in [5.74, 6) is 0.650. The van der Waals surface area contributed by atoms with Crippen LogP contribution < -0.4 is 0 Å². The average molecular weight is 278 g/mol. The van der Waals surface area contributed by atoms with Crippen molar-refractivity contribution >= 4 is 11.8 Å². The van der Waals surface area contributed by atoms with Crippen molar-refractivity contribution in [3.05, 3.63) is 18.0 Å². The first-order chi connectivity index (χ1) is 9.47. The van der Waals surface area contributed by atoms with E-state index in [2.05, 4.69) is 5.10 Å². The lowest BCUT2D eigenvalue weighted by Gasteiger charge is -2.31. The molecule has 0 aliphatic carbocycles. The van der Waals surface area contributed by atoms with Crippen molar-refractivity contribution in [1.29, 1.82) is 0 Å². The van der Waals surface area contributed by atoms with Gasteiger partial charge < -0.3 is 9.80 Å². The number of aromatic nitrogens is 2. The maximum Gasteiger partial charge on any atom is 0.256 e. The number of carbonyl (C=O) groups excluding carboxylic acids is 2. The van der Waals surface area contributed by atoms with E-state index in [1.54, 1.807) is 38.3 Å². The molecule has 1 aromatic heterocycles. The second-order valence-corrected chi connectivity index (χ2v) is 5.60. The Labute approximate surface area is 119 Å². The summed E-state index contributed by atoms with van der Waals surface area (Å²) < 4.78 is 1.84. The molecule has 1 aliphatic heterocycles. The van der Waals surface area contributed by atoms with Crippen molar-refractivity contribution in [2.75, 3.05) is 27.2 Å². The van der Waals surface area contributed by atoms with Crippen LogP contribution in [0.3, 0.4) is 0 Å². The van der Waals surface area contributed by atoms with Gasteiger partial charge in [-0.1, -0.05) is 0 Å². The molecule has 2 amide bonds. The molecule has 1 fully saturated rings. The van der Waals surface area contributed by atoms with E-state index in [4.69, 9.17) is 0 Å². The van der Waals surface area contributed by atoms with Crippen LogP contribution in [0.5, 0.6) is 0 Å². The Hall–Kier alpha value is -1.85. The largest absolute Gasteiger partial charge is 0.345 e. The van der Waals surface area contributed by atoms with E-state index in [1.807, 2.05) is 9.58 Å². The minimum Gasteiger partial charge on any atom is -0.345 e. The molecule has 1 saturated heterocycles. The number of amides is 2. The van der Waals surface area contributed by atoms with E-state index in [-0.39, 0.29) is 11.8 Å². The lowest BCUT2D eigenvalue weighted by Crippen LogP contribution is -2.38. The highest BCUT2D eigenvalue weighted by atomic mass is 16.2. The highest BCUT2D eigenvalue weighted by Crippen LogP contribution is 2.19. The number of hydrogen-bond acceptors (Lipinski definition) is 3. The summed E-state index contributed by atoms with van der Waals surface area (Å²) in [6, 6.07) is 0. The lowest BCUT2D eigenvalue weighted by molar-refractivity contribution is -0.130. The van der Waals surface area contributed by atoms with Crippen LogP contribution in [0.1, 0.15) is 30.1 Å². The van der Waals surface area contributed by atoms with Crippen molar-refractivity contribution < 1.29 is 9.59 Å². The monoisotopic (exact) mass is 278 g/mol. The molecule has 6 heteroatoms. The first-order valence-electron chi connectivity index (χ1n) is 6.97. The zero-order valence-corrected chi connectivity index (χ0v) is 12.4. The van der Waals surface area contributed by atoms with Gasteiger partial charge in [0.05, 0.1) is 11.8 Å². The predicted molar refractivity (Wildman–Crippen MR) is 75.2 cm³/mol. The summed E-state index contributed by atoms with van der Waals surface area (Å²) >= 11 is 0. The normalized spacial score (nSPS) is 16.2. The predicted octanol–water partition coefficient (Wildman–Crippen LogP) is 0.843. The minimum absolute atomic E-state index is 0.0253. The first kappa shape index (κ1) is 14.6. The van der Waals surface area contributed by atoms with Gasteiger partial charge in [-0.15, -0.1) is 0 Å². The Morgan fingerprint density at radius 1 is 1.35 bits per heavy atom. The molecule has 0 radical (unpaired) electrons. The Morgan fingerprint density at radius 3 is 2.55 bits per heavy atom. The van der Waals surface area contributed by atoms with Gasteiger partial charge in [-0.05, 0) is 18.8 Å². The summed E-state index contributed by atoms with van der Waals surface area (Å²) in [7, 11) is 3.47. The molecule has 0 atom stereocenters. The zero-order chi connectivity index (χ0) is 14.7. The van der Waals surface area contributed by atoms with Gasteiger partial charge in [0.15, 0.2) is 0 Å². The third-order valence-corrected chi connectivity index (χ3v) is 3.79. The highest BCUT2D eigenvalue weighted by Gasteiger charge is 2.21. The number of carbonyl (C=O) groups is 2. The van der Waals surface area contributed by atoms with Gasteiger partial charge in [0.25, 0.3) is 5.91 Å². The fraction of sp³-hybridized carbons (Fsp3) is 0.643. The average Bonchev–Trinajstić information content (AvgIpc) is 2.86. The van der Waals surface area contributed by atoms with E-state index < -0.39 is 0 Å². The highest BCUT2D eigenvalue weighted by molar-refractivity contribution is 5.93. The van der Waals surface area contributed by atoms with Crippen LogP contribution in [-0.2, 0) is 11.3 Å². The van der Waals surface area contributed by atoms with E-state index in [1.165, 1.54) is 0 Å². The fourth-order valence-electron chi connectivity index (χ4n) is 2.53. The molecule has 20 heavy (non-hydrogen) atoms. The number of rotatable bonds is 3. The molecule has 0 unspecified atom stereocenters. The molecule has 0 aromatic carbocycles. The van der Waals surface area contributed by atoms with Crippen LogP contribution in [0.15, 0.2) is 12.4 Å². The standard InChI is InChI=1S/C14H22N4O2/c1-11(19)17-6-4-12(5-7-17)9-18-10-13(8-15-18)14(20)16(2)3/h8,10,12H,4-7,9H2,1-3H3. The Morgan fingerprint density at radius 2 is 2.00 bits per heavy atom. The van der Waals surface area contributed by atoms with Crippen molar-refractivity contribution in [1.82, 2.24) is 19.6 Å². The summed E-state index contributed by atoms with van der Waals surface area (Å²) in [4.78, 5) is 26.5. The molecule has 0 spiro atoms. The number of nitrogens with zero attached hydrogens (tertiary/aromatic N) is 4. The molecule has 110 valence electrons. The summed E-state index contributed by atoms with van der Waals surface area (Å²) in [6.45, 7) is 4.08. The number of piperidine rings is 1. The van der Waals surface area contributed by atoms with Crippen molar-refractivity contribution in [2.24, 2.45) is 5.92 Å². The zero-order valence-electron chi connectivity index (χ0n) is 12.4. The molecule has 2 heterocycles. The third kappa shape index (κ3) is 3.37. The maximum atomic E-state index is 11.8. The van der Waals surface area contributed by atoms with Gasteiger partial charge >= 0.3 is 0 Å². The van der Waals surface area contributed by atoms with Crippen molar-refractivity contribution in [3.8, 4) is 0 Å². The molecular formula is C14H22N4O2. The van der Waals surface area contributed by atoms with Crippen molar-refractivity contribution in [3.63, 3.8) is 0 Å². The van der Waals surface area contributed by atoms with Crippen LogP contribution >= 0.6 is 0 Å². The minimum atomic E-state index is -0.0253. The van der Waals surface area contributed by atoms with Gasteiger partial charge in [-0.2, -0.15) is 5.10 Å². The Bertz CT molecular complexity index is 487. The topological polar surface area (TPSA) is 58.4 Å². The smallest absolute Gasteiger partial charge is 0.256 e. The quantitative estimate of drug-likeness (QED) is 0.823. The summed E-state index contributed by atoms with van der Waals surface area (Å²) in [5.41, 5.74) is 0.621. The second kappa shape index (κ2) is 6.07. The molecule has 0 N–H and O–H groups in total. The molecule has 2 rings (SSSR count). The second-order valence-electron chi connectivity index (χ2n) is 5.60. The van der Waals surface area contributed by atoms with Crippen LogP contribution in [0.4, 0.5) is 0 Å². The molecule has 0 saturated carbocycles. The van der Waals surface area contributed by atoms with Crippen LogP contribution in [0.2, 0.25) is 0 Å². The van der Waals surface area contributed by atoms with Crippen LogP contribution in [0, 0.1) is 5.92 Å². The van der Waals surface area contributed by atoms with Crippen LogP contribution in [-0.4, -0.2) is 58.6 Å². The molecule has 0 bridgehead atoms. The number of likely N-dealkylation sites (tertiary alicyclic amines) is 1. The van der Waals surface area contributed by atoms with E-state index in [0.29, 0.717) is 11.5 Å². The Kier molecular flexibility index (Phi) is 4.42. The maximum absolute atomic E-state index is 11.8. The fourth-order valence-corrected chi connectivity index (χ4v) is 2.53. The van der Waals surface area contributed by atoms with E-state index in [9.17, 15) is 9.59 Å². The van der Waals surface area contributed by atoms with Gasteiger partial charge in [0.2, 0.25) is 5.91 Å². The number of hydrogen-bond donors (Lipinski definition) is 0.